The lowest BCUT2D eigenvalue weighted by molar-refractivity contribution is -0.133. The zero-order valence-corrected chi connectivity index (χ0v) is 27.4. The normalized spacial score (nSPS) is 22.3. The highest BCUT2D eigenvalue weighted by atomic mass is 35.5. The van der Waals surface area contributed by atoms with Crippen LogP contribution in [0.25, 0.3) is 0 Å². The lowest BCUT2D eigenvalue weighted by Crippen LogP contribution is -2.47. The van der Waals surface area contributed by atoms with E-state index in [-0.39, 0.29) is 51.4 Å². The first-order chi connectivity index (χ1) is 20.7. The van der Waals surface area contributed by atoms with Gasteiger partial charge in [-0.15, -0.1) is 0 Å². The summed E-state index contributed by atoms with van der Waals surface area (Å²) in [5.74, 6) is -3.18. The number of carbonyl (C=O) groups is 2. The Morgan fingerprint density at radius 2 is 1.91 bits per heavy atom. The van der Waals surface area contributed by atoms with Crippen LogP contribution in [0.3, 0.4) is 0 Å². The van der Waals surface area contributed by atoms with Gasteiger partial charge in [0.2, 0.25) is 11.8 Å². The summed E-state index contributed by atoms with van der Waals surface area (Å²) in [4.78, 5) is 28.0. The third kappa shape index (κ3) is 8.08. The van der Waals surface area contributed by atoms with E-state index in [1.807, 2.05) is 27.7 Å². The molecule has 1 aliphatic rings. The first-order valence-electron chi connectivity index (χ1n) is 15.0. The molecule has 1 saturated heterocycles. The summed E-state index contributed by atoms with van der Waals surface area (Å²) in [7, 11) is 0. The minimum atomic E-state index is -1.70. The van der Waals surface area contributed by atoms with Crippen LogP contribution in [0.1, 0.15) is 77.3 Å². The number of nitrogens with zero attached hydrogens (tertiary/aromatic N) is 2. The van der Waals surface area contributed by atoms with Crippen LogP contribution >= 0.6 is 23.2 Å². The second-order valence-electron chi connectivity index (χ2n) is 12.7. The number of likely N-dealkylation sites (N-methyl/N-ethyl adjacent to an activating group) is 1. The molecule has 3 N–H and O–H groups in total. The van der Waals surface area contributed by atoms with E-state index < -0.39 is 41.2 Å². The predicted molar refractivity (Wildman–Crippen MR) is 168 cm³/mol. The van der Waals surface area contributed by atoms with Crippen molar-refractivity contribution in [2.75, 3.05) is 19.6 Å². The fourth-order valence-corrected chi connectivity index (χ4v) is 6.44. The van der Waals surface area contributed by atoms with Crippen molar-refractivity contribution in [3.05, 3.63) is 69.2 Å². The molecule has 0 spiro atoms. The number of unbranched alkanes of at least 4 members (excludes halogenated alkanes) is 1. The molecular formula is C33H42Cl2F2N4O3. The summed E-state index contributed by atoms with van der Waals surface area (Å²) in [6.07, 6.45) is 0.985. The molecule has 0 radical (unpaired) electrons. The van der Waals surface area contributed by atoms with Gasteiger partial charge in [0.1, 0.15) is 17.0 Å². The zero-order chi connectivity index (χ0) is 32.8. The molecule has 0 aromatic heterocycles. The van der Waals surface area contributed by atoms with E-state index in [4.69, 9.17) is 23.2 Å². The molecule has 0 bridgehead atoms. The van der Waals surface area contributed by atoms with E-state index >= 15 is 8.78 Å². The summed E-state index contributed by atoms with van der Waals surface area (Å²) in [5, 5.41) is 26.4. The molecule has 2 aromatic rings. The van der Waals surface area contributed by atoms with Crippen LogP contribution in [-0.4, -0.2) is 59.6 Å². The van der Waals surface area contributed by atoms with Crippen LogP contribution in [0.4, 0.5) is 8.78 Å². The Labute approximate surface area is 268 Å². The maximum Gasteiger partial charge on any atom is 0.240 e. The van der Waals surface area contributed by atoms with Gasteiger partial charge in [-0.05, 0) is 62.3 Å². The van der Waals surface area contributed by atoms with Crippen molar-refractivity contribution < 1.29 is 23.5 Å². The average molecular weight is 652 g/mol. The van der Waals surface area contributed by atoms with Crippen molar-refractivity contribution in [1.82, 2.24) is 15.5 Å². The lowest BCUT2D eigenvalue weighted by atomic mass is 9.62. The fraction of sp³-hybridized carbons (Fsp3) is 0.545. The maximum absolute atomic E-state index is 15.9. The largest absolute Gasteiger partial charge is 0.392 e. The molecule has 5 unspecified atom stereocenters. The molecule has 1 heterocycles. The Kier molecular flexibility index (Phi) is 12.2. The molecule has 1 aliphatic heterocycles. The Hall–Kier alpha value is -2.77. The highest BCUT2D eigenvalue weighted by molar-refractivity contribution is 6.31. The number of nitrogens with one attached hydrogen (secondary N) is 2. The molecule has 44 heavy (non-hydrogen) atoms. The molecule has 2 amide bonds. The van der Waals surface area contributed by atoms with Crippen molar-refractivity contribution in [3.63, 3.8) is 0 Å². The first kappa shape index (κ1) is 35.7. The van der Waals surface area contributed by atoms with Crippen molar-refractivity contribution in [3.8, 4) is 6.07 Å². The van der Waals surface area contributed by atoms with E-state index in [2.05, 4.69) is 16.7 Å². The van der Waals surface area contributed by atoms with Gasteiger partial charge >= 0.3 is 0 Å². The third-order valence-corrected chi connectivity index (χ3v) is 8.61. The minimum absolute atomic E-state index is 0.0251. The Morgan fingerprint density at radius 3 is 2.50 bits per heavy atom. The molecular weight excluding hydrogens is 609 g/mol. The van der Waals surface area contributed by atoms with Crippen molar-refractivity contribution in [1.29, 1.82) is 5.26 Å². The summed E-state index contributed by atoms with van der Waals surface area (Å²) in [6, 6.07) is 9.04. The van der Waals surface area contributed by atoms with Gasteiger partial charge < -0.3 is 20.6 Å². The van der Waals surface area contributed by atoms with Crippen LogP contribution in [0.5, 0.6) is 0 Å². The average Bonchev–Trinajstić information content (AvgIpc) is 3.25. The van der Waals surface area contributed by atoms with Gasteiger partial charge in [-0.3, -0.25) is 9.59 Å². The summed E-state index contributed by atoms with van der Waals surface area (Å²) in [5.41, 5.74) is -1.98. The third-order valence-electron chi connectivity index (χ3n) is 8.09. The number of rotatable bonds is 12. The molecule has 11 heteroatoms. The van der Waals surface area contributed by atoms with Crippen molar-refractivity contribution >= 4 is 35.0 Å². The zero-order valence-electron chi connectivity index (χ0n) is 25.9. The lowest BCUT2D eigenvalue weighted by Gasteiger charge is -2.37. The van der Waals surface area contributed by atoms with E-state index in [0.717, 1.165) is 6.07 Å². The number of carbonyl (C=O) groups excluding carboxylic acids is 2. The number of hydrogen-bond donors (Lipinski definition) is 3. The maximum atomic E-state index is 15.9. The van der Waals surface area contributed by atoms with E-state index in [1.54, 1.807) is 17.9 Å². The monoisotopic (exact) mass is 650 g/mol. The molecule has 7 nitrogen and oxygen atoms in total. The number of aliphatic hydroxyl groups excluding tert-OH is 1. The number of halogens is 4. The molecule has 5 atom stereocenters. The molecule has 0 aliphatic carbocycles. The van der Waals surface area contributed by atoms with Crippen LogP contribution in [0.2, 0.25) is 10.0 Å². The standard InChI is InChI=1S/C33H42Cl2F2N4O3/c1-6-41(15-8-7-12-27(43)39-18-20(2)42)31(44)30-28(22-10-9-11-24(35)29(22)37)33(19-38,26(40-30)17-32(3,4)5)23-14-13-21(34)16-25(23)36/h9-11,13-14,16,20,26,28,30,40,42H,6-8,12,15,17-18H2,1-5H3,(H,39,43). The number of nitriles is 1. The molecule has 3 rings (SSSR count). The second-order valence-corrected chi connectivity index (χ2v) is 13.6. The van der Waals surface area contributed by atoms with Crippen LogP contribution < -0.4 is 10.6 Å². The van der Waals surface area contributed by atoms with Crippen LogP contribution in [-0.2, 0) is 15.0 Å². The van der Waals surface area contributed by atoms with Gasteiger partial charge in [0.25, 0.3) is 0 Å². The van der Waals surface area contributed by atoms with E-state index in [0.29, 0.717) is 32.4 Å². The second kappa shape index (κ2) is 15.0. The highest BCUT2D eigenvalue weighted by Crippen LogP contribution is 2.53. The van der Waals surface area contributed by atoms with Crippen LogP contribution in [0.15, 0.2) is 36.4 Å². The van der Waals surface area contributed by atoms with Gasteiger partial charge in [-0.1, -0.05) is 62.2 Å². The van der Waals surface area contributed by atoms with Gasteiger partial charge in [0.05, 0.1) is 23.2 Å². The molecule has 0 saturated carbocycles. The SMILES string of the molecule is CCN(CCCCC(=O)NCC(C)O)C(=O)C1NC(CC(C)(C)C)C(C#N)(c2ccc(Cl)cc2F)C1c1cccc(Cl)c1F. The van der Waals surface area contributed by atoms with Crippen molar-refractivity contribution in [2.24, 2.45) is 5.41 Å². The number of benzene rings is 2. The Morgan fingerprint density at radius 1 is 1.20 bits per heavy atom. The summed E-state index contributed by atoms with van der Waals surface area (Å²) >= 11 is 12.3. The number of aliphatic hydroxyl groups is 1. The quantitative estimate of drug-likeness (QED) is 0.241. The minimum Gasteiger partial charge on any atom is -0.392 e. The van der Waals surface area contributed by atoms with Gasteiger partial charge in [-0.2, -0.15) is 5.26 Å². The fourth-order valence-electron chi connectivity index (χ4n) is 6.10. The van der Waals surface area contributed by atoms with Gasteiger partial charge in [0, 0.05) is 48.6 Å². The topological polar surface area (TPSA) is 105 Å². The number of hydrogen-bond acceptors (Lipinski definition) is 5. The van der Waals surface area contributed by atoms with E-state index in [1.165, 1.54) is 24.3 Å². The Bertz CT molecular complexity index is 1380. The molecule has 240 valence electrons. The summed E-state index contributed by atoms with van der Waals surface area (Å²) in [6.45, 7) is 10.2. The van der Waals surface area contributed by atoms with Gasteiger partial charge in [-0.25, -0.2) is 8.78 Å². The van der Waals surface area contributed by atoms with E-state index in [9.17, 15) is 20.0 Å². The van der Waals surface area contributed by atoms with Gasteiger partial charge in [0.15, 0.2) is 0 Å². The predicted octanol–water partition coefficient (Wildman–Crippen LogP) is 6.11. The Balaban J connectivity index is 2.07. The summed E-state index contributed by atoms with van der Waals surface area (Å²) < 4.78 is 31.7. The first-order valence-corrected chi connectivity index (χ1v) is 15.7. The van der Waals surface area contributed by atoms with Crippen molar-refractivity contribution in [2.45, 2.75) is 89.8 Å². The highest BCUT2D eigenvalue weighted by Gasteiger charge is 2.61. The molecule has 2 aromatic carbocycles. The van der Waals surface area contributed by atoms with Crippen LogP contribution in [0, 0.1) is 28.4 Å². The number of amides is 2. The molecule has 1 fully saturated rings. The smallest absolute Gasteiger partial charge is 0.240 e.